The van der Waals surface area contributed by atoms with Gasteiger partial charge in [-0.3, -0.25) is 0 Å². The summed E-state index contributed by atoms with van der Waals surface area (Å²) in [5.74, 6) is 0.304. The number of benzene rings is 1. The molecule has 0 aromatic heterocycles. The van der Waals surface area contributed by atoms with Crippen LogP contribution in [-0.4, -0.2) is 25.3 Å². The Hall–Kier alpha value is -0.780. The predicted octanol–water partition coefficient (Wildman–Crippen LogP) is 3.04. The van der Waals surface area contributed by atoms with Gasteiger partial charge in [-0.25, -0.2) is 8.42 Å². The number of nitrogens with two attached hydrogens (primary N) is 1. The lowest BCUT2D eigenvalue weighted by Crippen LogP contribution is -2.38. The summed E-state index contributed by atoms with van der Waals surface area (Å²) in [6.07, 6.45) is 1.82. The van der Waals surface area contributed by atoms with E-state index in [1.165, 1.54) is 6.07 Å². The summed E-state index contributed by atoms with van der Waals surface area (Å²) < 4.78 is 27.2. The summed E-state index contributed by atoms with van der Waals surface area (Å²) in [5.41, 5.74) is 6.79. The zero-order valence-electron chi connectivity index (χ0n) is 12.1. The van der Waals surface area contributed by atoms with E-state index in [4.69, 9.17) is 17.3 Å². The third-order valence-electron chi connectivity index (χ3n) is 3.88. The number of nitrogens with zero attached hydrogens (tertiary/aromatic N) is 1. The van der Waals surface area contributed by atoms with Crippen LogP contribution >= 0.6 is 11.6 Å². The van der Waals surface area contributed by atoms with Crippen LogP contribution in [0.2, 0.25) is 5.02 Å². The minimum absolute atomic E-state index is 0.0669. The summed E-state index contributed by atoms with van der Waals surface area (Å²) in [6.45, 7) is 6.45. The largest absolute Gasteiger partial charge is 0.397 e. The van der Waals surface area contributed by atoms with E-state index >= 15 is 0 Å². The second kappa shape index (κ2) is 5.54. The third-order valence-corrected chi connectivity index (χ3v) is 6.30. The fraction of sp³-hybridized carbons (Fsp3) is 0.571. The standard InChI is InChI=1S/C14H21ClN2O2S/c1-9(2)13-5-4-6-17(13)20(18,19)11-7-10(3)14(15)12(16)8-11/h7-9,13H,4-6,16H2,1-3H3. The molecule has 1 saturated heterocycles. The van der Waals surface area contributed by atoms with E-state index < -0.39 is 10.0 Å². The van der Waals surface area contributed by atoms with Gasteiger partial charge >= 0.3 is 0 Å². The molecule has 6 heteroatoms. The van der Waals surface area contributed by atoms with Crippen molar-refractivity contribution in [2.45, 2.75) is 44.6 Å². The smallest absolute Gasteiger partial charge is 0.243 e. The quantitative estimate of drug-likeness (QED) is 0.872. The lowest BCUT2D eigenvalue weighted by Gasteiger charge is -2.27. The van der Waals surface area contributed by atoms with Crippen molar-refractivity contribution in [1.29, 1.82) is 0 Å². The molecular weight excluding hydrogens is 296 g/mol. The number of hydrogen-bond donors (Lipinski definition) is 1. The first-order valence-corrected chi connectivity index (χ1v) is 8.64. The van der Waals surface area contributed by atoms with Crippen LogP contribution in [0.25, 0.3) is 0 Å². The Balaban J connectivity index is 2.45. The van der Waals surface area contributed by atoms with Gasteiger partial charge < -0.3 is 5.73 Å². The van der Waals surface area contributed by atoms with E-state index in [0.717, 1.165) is 12.8 Å². The molecule has 1 atom stereocenters. The summed E-state index contributed by atoms with van der Waals surface area (Å²) in [7, 11) is -3.50. The van der Waals surface area contributed by atoms with Crippen molar-refractivity contribution in [3.05, 3.63) is 22.7 Å². The maximum absolute atomic E-state index is 12.8. The molecular formula is C14H21ClN2O2S. The highest BCUT2D eigenvalue weighted by molar-refractivity contribution is 7.89. The van der Waals surface area contributed by atoms with Crippen molar-refractivity contribution < 1.29 is 8.42 Å². The molecule has 0 spiro atoms. The minimum atomic E-state index is -3.50. The molecule has 112 valence electrons. The Morgan fingerprint density at radius 2 is 2.05 bits per heavy atom. The lowest BCUT2D eigenvalue weighted by molar-refractivity contribution is 0.316. The van der Waals surface area contributed by atoms with Gasteiger partial charge in [0.25, 0.3) is 0 Å². The van der Waals surface area contributed by atoms with E-state index in [1.807, 2.05) is 0 Å². The Bertz CT molecular complexity index is 591. The van der Waals surface area contributed by atoms with Gasteiger partial charge in [0.15, 0.2) is 0 Å². The van der Waals surface area contributed by atoms with E-state index in [9.17, 15) is 8.42 Å². The number of aryl methyl sites for hydroxylation is 1. The van der Waals surface area contributed by atoms with Gasteiger partial charge in [-0.1, -0.05) is 25.4 Å². The number of sulfonamides is 1. The first-order valence-electron chi connectivity index (χ1n) is 6.82. The first-order chi connectivity index (χ1) is 9.25. The molecule has 1 unspecified atom stereocenters. The number of rotatable bonds is 3. The zero-order chi connectivity index (χ0) is 15.1. The van der Waals surface area contributed by atoms with Gasteiger partial charge in [0.1, 0.15) is 0 Å². The second-order valence-corrected chi connectivity index (χ2v) is 7.98. The number of anilines is 1. The Morgan fingerprint density at radius 1 is 1.40 bits per heavy atom. The Kier molecular flexibility index (Phi) is 4.33. The van der Waals surface area contributed by atoms with Crippen molar-refractivity contribution in [1.82, 2.24) is 4.31 Å². The SMILES string of the molecule is Cc1cc(S(=O)(=O)N2CCCC2C(C)C)cc(N)c1Cl. The molecule has 2 rings (SSSR count). The molecule has 1 aliphatic heterocycles. The molecule has 0 aliphatic carbocycles. The van der Waals surface area contributed by atoms with Crippen LogP contribution in [0.1, 0.15) is 32.3 Å². The van der Waals surface area contributed by atoms with E-state index in [0.29, 0.717) is 28.7 Å². The summed E-state index contributed by atoms with van der Waals surface area (Å²) in [4.78, 5) is 0.240. The summed E-state index contributed by atoms with van der Waals surface area (Å²) in [5, 5.41) is 0.422. The molecule has 1 heterocycles. The van der Waals surface area contributed by atoms with E-state index in [2.05, 4.69) is 13.8 Å². The molecule has 1 fully saturated rings. The minimum Gasteiger partial charge on any atom is -0.397 e. The monoisotopic (exact) mass is 316 g/mol. The predicted molar refractivity (Wildman–Crippen MR) is 82.4 cm³/mol. The van der Waals surface area contributed by atoms with Gasteiger partial charge in [-0.15, -0.1) is 0 Å². The molecule has 1 aromatic carbocycles. The zero-order valence-corrected chi connectivity index (χ0v) is 13.6. The van der Waals surface area contributed by atoms with E-state index in [1.54, 1.807) is 17.3 Å². The molecule has 0 amide bonds. The van der Waals surface area contributed by atoms with E-state index in [-0.39, 0.29) is 10.9 Å². The highest BCUT2D eigenvalue weighted by Crippen LogP contribution is 2.33. The average molecular weight is 317 g/mol. The number of hydrogen-bond acceptors (Lipinski definition) is 3. The molecule has 4 nitrogen and oxygen atoms in total. The maximum atomic E-state index is 12.8. The topological polar surface area (TPSA) is 63.4 Å². The number of halogens is 1. The van der Waals surface area contributed by atoms with Crippen molar-refractivity contribution >= 4 is 27.3 Å². The fourth-order valence-electron chi connectivity index (χ4n) is 2.78. The normalized spacial score (nSPS) is 20.8. The van der Waals surface area contributed by atoms with Gasteiger partial charge in [-0.2, -0.15) is 4.31 Å². The Morgan fingerprint density at radius 3 is 2.60 bits per heavy atom. The lowest BCUT2D eigenvalue weighted by atomic mass is 10.0. The van der Waals surface area contributed by atoms with Crippen LogP contribution < -0.4 is 5.73 Å². The summed E-state index contributed by atoms with van der Waals surface area (Å²) >= 11 is 6.01. The summed E-state index contributed by atoms with van der Waals surface area (Å²) in [6, 6.07) is 3.13. The molecule has 1 aromatic rings. The highest BCUT2D eigenvalue weighted by Gasteiger charge is 2.37. The molecule has 0 radical (unpaired) electrons. The van der Waals surface area contributed by atoms with Crippen molar-refractivity contribution in [2.75, 3.05) is 12.3 Å². The van der Waals surface area contributed by atoms with Crippen LogP contribution in [0.3, 0.4) is 0 Å². The van der Waals surface area contributed by atoms with Crippen LogP contribution in [0.4, 0.5) is 5.69 Å². The molecule has 0 bridgehead atoms. The second-order valence-electron chi connectivity index (χ2n) is 5.71. The van der Waals surface area contributed by atoms with Gasteiger partial charge in [0, 0.05) is 12.6 Å². The van der Waals surface area contributed by atoms with Gasteiger partial charge in [-0.05, 0) is 43.4 Å². The molecule has 20 heavy (non-hydrogen) atoms. The maximum Gasteiger partial charge on any atom is 0.243 e. The van der Waals surface area contributed by atoms with Crippen molar-refractivity contribution in [3.63, 3.8) is 0 Å². The third kappa shape index (κ3) is 2.67. The number of nitrogen functional groups attached to an aromatic ring is 1. The van der Waals surface area contributed by atoms with Gasteiger partial charge in [0.2, 0.25) is 10.0 Å². The first kappa shape index (κ1) is 15.6. The highest BCUT2D eigenvalue weighted by atomic mass is 35.5. The van der Waals surface area contributed by atoms with Crippen molar-refractivity contribution in [2.24, 2.45) is 5.92 Å². The Labute approximate surface area is 126 Å². The molecule has 1 aliphatic rings. The van der Waals surface area contributed by atoms with Crippen LogP contribution in [-0.2, 0) is 10.0 Å². The molecule has 0 saturated carbocycles. The van der Waals surface area contributed by atoms with Crippen LogP contribution in [0, 0.1) is 12.8 Å². The average Bonchev–Trinajstić information content (AvgIpc) is 2.85. The van der Waals surface area contributed by atoms with Crippen LogP contribution in [0.15, 0.2) is 17.0 Å². The molecule has 2 N–H and O–H groups in total. The van der Waals surface area contributed by atoms with Crippen LogP contribution in [0.5, 0.6) is 0 Å². The van der Waals surface area contributed by atoms with Gasteiger partial charge in [0.05, 0.1) is 15.6 Å². The van der Waals surface area contributed by atoms with Crippen molar-refractivity contribution in [3.8, 4) is 0 Å². The fourth-order valence-corrected chi connectivity index (χ4v) is 4.83.